The summed E-state index contributed by atoms with van der Waals surface area (Å²) in [5, 5.41) is 0. The van der Waals surface area contributed by atoms with Crippen LogP contribution in [0, 0.1) is 46.3 Å². The Labute approximate surface area is 196 Å². The van der Waals surface area contributed by atoms with Crippen LogP contribution in [0.2, 0.25) is 0 Å². The van der Waals surface area contributed by atoms with E-state index in [1.165, 1.54) is 64.7 Å². The number of ether oxygens (including phenoxy) is 1. The molecule has 180 valence electrons. The molecule has 1 unspecified atom stereocenters. The number of fused-ring (bicyclic) bond motifs is 5. The number of hydrogen-bond donors (Lipinski definition) is 0. The summed E-state index contributed by atoms with van der Waals surface area (Å²) in [6.07, 6.45) is 16.7. The Morgan fingerprint density at radius 1 is 1.09 bits per heavy atom. The van der Waals surface area contributed by atoms with Gasteiger partial charge in [0.25, 0.3) is 0 Å². The van der Waals surface area contributed by atoms with Crippen molar-refractivity contribution in [2.45, 2.75) is 105 Å². The molecule has 3 nitrogen and oxygen atoms in total. The van der Waals surface area contributed by atoms with Gasteiger partial charge in [-0.15, -0.1) is 0 Å². The predicted octanol–water partition coefficient (Wildman–Crippen LogP) is 7.14. The standard InChI is InChI=1S/C29H46O3/c1-19(9-14-27(31)20(2)18-32-21(3)30)24-12-13-25-23-11-10-22-8-6-7-16-28(22,4)26(23)15-17-29(24,25)5/h10,19-20,23-26H,6-9,11-18H2,1-5H3/t19-,20?,23+,24-,25+,26+,28+,29-/m1/s1. The first-order valence-corrected chi connectivity index (χ1v) is 13.5. The van der Waals surface area contributed by atoms with Gasteiger partial charge in [-0.25, -0.2) is 0 Å². The molecule has 0 aliphatic heterocycles. The van der Waals surface area contributed by atoms with Gasteiger partial charge < -0.3 is 4.74 Å². The molecule has 0 aromatic rings. The highest BCUT2D eigenvalue weighted by atomic mass is 16.5. The highest BCUT2D eigenvalue weighted by molar-refractivity contribution is 5.81. The number of ketones is 1. The Kier molecular flexibility index (Phi) is 6.95. The van der Waals surface area contributed by atoms with Crippen LogP contribution in [0.1, 0.15) is 105 Å². The Morgan fingerprint density at radius 2 is 1.88 bits per heavy atom. The molecule has 0 spiro atoms. The van der Waals surface area contributed by atoms with Crippen molar-refractivity contribution < 1.29 is 14.3 Å². The maximum Gasteiger partial charge on any atom is 0.302 e. The molecule has 3 fully saturated rings. The molecule has 32 heavy (non-hydrogen) atoms. The van der Waals surface area contributed by atoms with E-state index < -0.39 is 0 Å². The van der Waals surface area contributed by atoms with Crippen LogP contribution in [0.3, 0.4) is 0 Å². The van der Waals surface area contributed by atoms with Crippen LogP contribution in [-0.2, 0) is 14.3 Å². The van der Waals surface area contributed by atoms with Gasteiger partial charge >= 0.3 is 5.97 Å². The smallest absolute Gasteiger partial charge is 0.302 e. The van der Waals surface area contributed by atoms with Crippen molar-refractivity contribution >= 4 is 11.8 Å². The van der Waals surface area contributed by atoms with E-state index in [9.17, 15) is 9.59 Å². The second-order valence-corrected chi connectivity index (χ2v) is 12.4. The Morgan fingerprint density at radius 3 is 2.62 bits per heavy atom. The van der Waals surface area contributed by atoms with Gasteiger partial charge in [0.1, 0.15) is 12.4 Å². The van der Waals surface area contributed by atoms with Gasteiger partial charge in [0, 0.05) is 19.3 Å². The summed E-state index contributed by atoms with van der Waals surface area (Å²) in [7, 11) is 0. The highest BCUT2D eigenvalue weighted by Gasteiger charge is 2.58. The Balaban J connectivity index is 1.39. The van der Waals surface area contributed by atoms with Crippen molar-refractivity contribution in [3.63, 3.8) is 0 Å². The number of esters is 1. The molecule has 4 rings (SSSR count). The average molecular weight is 443 g/mol. The fraction of sp³-hybridized carbons (Fsp3) is 0.862. The van der Waals surface area contributed by atoms with Crippen LogP contribution < -0.4 is 0 Å². The molecular formula is C29H46O3. The van der Waals surface area contributed by atoms with E-state index in [1.54, 1.807) is 5.57 Å². The molecule has 0 aromatic heterocycles. The SMILES string of the molecule is CC(=O)OCC(C)C(=O)CC[C@@H](C)[C@H]1CC[C@H]2[C@@H]3CC=C4CCCC[C@]4(C)[C@H]3CC[C@]12C. The van der Waals surface area contributed by atoms with E-state index >= 15 is 0 Å². The van der Waals surface area contributed by atoms with E-state index in [2.05, 4.69) is 26.8 Å². The fourth-order valence-electron chi connectivity index (χ4n) is 8.83. The number of allylic oxidation sites excluding steroid dienone is 2. The van der Waals surface area contributed by atoms with Crippen LogP contribution in [-0.4, -0.2) is 18.4 Å². The molecule has 4 aliphatic carbocycles. The first kappa shape index (κ1) is 24.0. The molecule has 0 amide bonds. The molecule has 4 aliphatic rings. The molecule has 3 heteroatoms. The van der Waals surface area contributed by atoms with Crippen LogP contribution in [0.5, 0.6) is 0 Å². The summed E-state index contributed by atoms with van der Waals surface area (Å²) >= 11 is 0. The number of rotatable bonds is 7. The zero-order valence-corrected chi connectivity index (χ0v) is 21.3. The molecule has 0 N–H and O–H groups in total. The lowest BCUT2D eigenvalue weighted by atomic mass is 9.47. The first-order valence-electron chi connectivity index (χ1n) is 13.5. The number of hydrogen-bond acceptors (Lipinski definition) is 3. The van der Waals surface area contributed by atoms with Crippen molar-refractivity contribution in [3.05, 3.63) is 11.6 Å². The number of Topliss-reactive ketones (excluding diaryl/α,β-unsaturated/α-hetero) is 1. The lowest BCUT2D eigenvalue weighted by Gasteiger charge is -2.58. The number of carbonyl (C=O) groups is 2. The molecular weight excluding hydrogens is 396 g/mol. The van der Waals surface area contributed by atoms with Gasteiger partial charge in [0.2, 0.25) is 0 Å². The fourth-order valence-corrected chi connectivity index (χ4v) is 8.83. The Hall–Kier alpha value is -1.12. The van der Waals surface area contributed by atoms with E-state index in [0.717, 1.165) is 30.1 Å². The largest absolute Gasteiger partial charge is 0.465 e. The van der Waals surface area contributed by atoms with Gasteiger partial charge in [0.05, 0.1) is 0 Å². The van der Waals surface area contributed by atoms with Gasteiger partial charge in [-0.05, 0) is 98.2 Å². The summed E-state index contributed by atoms with van der Waals surface area (Å²) < 4.78 is 5.05. The lowest BCUT2D eigenvalue weighted by molar-refractivity contribution is -0.143. The second-order valence-electron chi connectivity index (χ2n) is 12.4. The normalized spacial score (nSPS) is 40.3. The summed E-state index contributed by atoms with van der Waals surface area (Å²) in [5.41, 5.74) is 2.73. The summed E-state index contributed by atoms with van der Waals surface area (Å²) in [6, 6.07) is 0. The zero-order valence-electron chi connectivity index (χ0n) is 21.3. The monoisotopic (exact) mass is 442 g/mol. The van der Waals surface area contributed by atoms with E-state index in [4.69, 9.17) is 4.74 Å². The first-order chi connectivity index (χ1) is 15.2. The zero-order chi connectivity index (χ0) is 23.1. The van der Waals surface area contributed by atoms with E-state index in [1.807, 2.05) is 6.92 Å². The minimum absolute atomic E-state index is 0.187. The van der Waals surface area contributed by atoms with Crippen molar-refractivity contribution in [1.82, 2.24) is 0 Å². The number of carbonyl (C=O) groups excluding carboxylic acids is 2. The van der Waals surface area contributed by atoms with Crippen LogP contribution in [0.25, 0.3) is 0 Å². The molecule has 8 atom stereocenters. The quantitative estimate of drug-likeness (QED) is 0.311. The molecule has 0 radical (unpaired) electrons. The van der Waals surface area contributed by atoms with Crippen molar-refractivity contribution in [3.8, 4) is 0 Å². The van der Waals surface area contributed by atoms with Gasteiger partial charge in [0.15, 0.2) is 0 Å². The maximum atomic E-state index is 12.6. The third-order valence-corrected chi connectivity index (χ3v) is 10.7. The maximum absolute atomic E-state index is 12.6. The summed E-state index contributed by atoms with van der Waals surface area (Å²) in [5.74, 6) is 3.74. The van der Waals surface area contributed by atoms with Gasteiger partial charge in [-0.3, -0.25) is 9.59 Å². The molecule has 0 heterocycles. The van der Waals surface area contributed by atoms with Crippen LogP contribution in [0.4, 0.5) is 0 Å². The van der Waals surface area contributed by atoms with Crippen molar-refractivity contribution in [2.24, 2.45) is 46.3 Å². The second kappa shape index (κ2) is 9.26. The van der Waals surface area contributed by atoms with Crippen LogP contribution in [0.15, 0.2) is 11.6 Å². The highest BCUT2D eigenvalue weighted by Crippen LogP contribution is 2.67. The van der Waals surface area contributed by atoms with Gasteiger partial charge in [-0.1, -0.05) is 45.8 Å². The minimum Gasteiger partial charge on any atom is -0.465 e. The predicted molar refractivity (Wildman–Crippen MR) is 129 cm³/mol. The van der Waals surface area contributed by atoms with E-state index in [0.29, 0.717) is 23.2 Å². The van der Waals surface area contributed by atoms with Crippen molar-refractivity contribution in [1.29, 1.82) is 0 Å². The molecule has 0 aromatic carbocycles. The van der Waals surface area contributed by atoms with Crippen LogP contribution >= 0.6 is 0 Å². The Bertz CT molecular complexity index is 754. The topological polar surface area (TPSA) is 43.4 Å². The minimum atomic E-state index is -0.301. The lowest BCUT2D eigenvalue weighted by Crippen LogP contribution is -2.50. The molecule has 3 saturated carbocycles. The van der Waals surface area contributed by atoms with Gasteiger partial charge in [-0.2, -0.15) is 0 Å². The van der Waals surface area contributed by atoms with Crippen molar-refractivity contribution in [2.75, 3.05) is 6.61 Å². The summed E-state index contributed by atoms with van der Waals surface area (Å²) in [4.78, 5) is 23.6. The molecule has 0 saturated heterocycles. The third kappa shape index (κ3) is 4.23. The average Bonchev–Trinajstić information content (AvgIpc) is 3.12. The molecule has 0 bridgehead atoms. The summed E-state index contributed by atoms with van der Waals surface area (Å²) in [6.45, 7) is 11.1. The third-order valence-electron chi connectivity index (χ3n) is 10.7. The van der Waals surface area contributed by atoms with E-state index in [-0.39, 0.29) is 24.3 Å².